The highest BCUT2D eigenvalue weighted by molar-refractivity contribution is 5.56. The number of rotatable bonds is 6. The molecule has 146 valence electrons. The molecule has 0 saturated heterocycles. The van der Waals surface area contributed by atoms with E-state index >= 15 is 0 Å². The minimum Gasteiger partial charge on any atom is -0.497 e. The Balaban J connectivity index is 1.82. The first-order chi connectivity index (χ1) is 13.4. The Hall–Kier alpha value is -3.15. The lowest BCUT2D eigenvalue weighted by Gasteiger charge is -2.23. The van der Waals surface area contributed by atoms with Gasteiger partial charge in [0.1, 0.15) is 17.4 Å². The number of nitrogens with one attached hydrogen (secondary N) is 2. The molecular weight excluding hydrogens is 352 g/mol. The highest BCUT2D eigenvalue weighted by Crippen LogP contribution is 2.27. The van der Waals surface area contributed by atoms with Gasteiger partial charge in [-0.1, -0.05) is 26.0 Å². The van der Waals surface area contributed by atoms with Crippen LogP contribution in [-0.4, -0.2) is 22.1 Å². The maximum Gasteiger partial charge on any atom is 0.254 e. The Morgan fingerprint density at radius 1 is 1.07 bits per heavy atom. The lowest BCUT2D eigenvalue weighted by atomic mass is 9.96. The molecule has 2 N–H and O–H groups in total. The zero-order valence-corrected chi connectivity index (χ0v) is 16.9. The van der Waals surface area contributed by atoms with Gasteiger partial charge in [0, 0.05) is 23.0 Å². The number of anilines is 1. The van der Waals surface area contributed by atoms with Crippen LogP contribution in [-0.2, 0) is 0 Å². The third-order valence-electron chi connectivity index (χ3n) is 4.88. The molecule has 0 fully saturated rings. The van der Waals surface area contributed by atoms with Crippen molar-refractivity contribution in [2.75, 3.05) is 12.4 Å². The summed E-state index contributed by atoms with van der Waals surface area (Å²) in [6.45, 7) is 7.93. The first kappa shape index (κ1) is 19.6. The van der Waals surface area contributed by atoms with E-state index in [2.05, 4.69) is 46.2 Å². The van der Waals surface area contributed by atoms with E-state index in [-0.39, 0.29) is 11.6 Å². The Morgan fingerprint density at radius 3 is 2.32 bits per heavy atom. The van der Waals surface area contributed by atoms with Gasteiger partial charge in [0.25, 0.3) is 5.56 Å². The van der Waals surface area contributed by atoms with Gasteiger partial charge in [-0.05, 0) is 49.6 Å². The number of benzene rings is 1. The summed E-state index contributed by atoms with van der Waals surface area (Å²) in [5.74, 6) is 2.50. The monoisotopic (exact) mass is 378 g/mol. The maximum absolute atomic E-state index is 12.0. The average Bonchev–Trinajstić information content (AvgIpc) is 2.70. The third kappa shape index (κ3) is 4.22. The Bertz CT molecular complexity index is 993. The summed E-state index contributed by atoms with van der Waals surface area (Å²) in [7, 11) is 1.66. The molecule has 28 heavy (non-hydrogen) atoms. The molecule has 6 nitrogen and oxygen atoms in total. The molecule has 0 bridgehead atoms. The molecule has 1 atom stereocenters. The van der Waals surface area contributed by atoms with Crippen LogP contribution in [0, 0.1) is 19.8 Å². The number of ether oxygens (including phenoxy) is 1. The summed E-state index contributed by atoms with van der Waals surface area (Å²) in [6, 6.07) is 12.0. The smallest absolute Gasteiger partial charge is 0.254 e. The predicted octanol–water partition coefficient (Wildman–Crippen LogP) is 4.27. The number of aromatic amines is 1. The zero-order valence-electron chi connectivity index (χ0n) is 16.9. The van der Waals surface area contributed by atoms with Crippen LogP contribution in [0.5, 0.6) is 5.75 Å². The van der Waals surface area contributed by atoms with Gasteiger partial charge >= 0.3 is 0 Å². The fraction of sp³-hybridized carbons (Fsp3) is 0.318. The van der Waals surface area contributed by atoms with Crippen LogP contribution >= 0.6 is 0 Å². The number of aromatic nitrogens is 3. The normalized spacial score (nSPS) is 12.1. The van der Waals surface area contributed by atoms with Gasteiger partial charge in [0.05, 0.1) is 13.2 Å². The average molecular weight is 378 g/mol. The second-order valence-corrected chi connectivity index (χ2v) is 7.20. The number of hydrogen-bond donors (Lipinski definition) is 2. The van der Waals surface area contributed by atoms with Gasteiger partial charge in [0.2, 0.25) is 0 Å². The van der Waals surface area contributed by atoms with Gasteiger partial charge in [0.15, 0.2) is 0 Å². The van der Waals surface area contributed by atoms with Crippen molar-refractivity contribution in [3.05, 3.63) is 69.8 Å². The summed E-state index contributed by atoms with van der Waals surface area (Å²) in [4.78, 5) is 23.8. The van der Waals surface area contributed by atoms with E-state index in [9.17, 15) is 4.79 Å². The van der Waals surface area contributed by atoms with E-state index < -0.39 is 0 Å². The van der Waals surface area contributed by atoms with Crippen LogP contribution < -0.4 is 15.6 Å². The van der Waals surface area contributed by atoms with E-state index in [1.54, 1.807) is 20.2 Å². The SMILES string of the molecule is COc1ccc(C(Nc2ccc(-c3nc(C)c(C)c(=O)[nH]3)cn2)C(C)C)cc1. The van der Waals surface area contributed by atoms with Crippen molar-refractivity contribution in [3.63, 3.8) is 0 Å². The Labute approximate surface area is 165 Å². The van der Waals surface area contributed by atoms with Crippen molar-refractivity contribution in [1.29, 1.82) is 0 Å². The summed E-state index contributed by atoms with van der Waals surface area (Å²) in [5, 5.41) is 3.50. The van der Waals surface area contributed by atoms with Gasteiger partial charge < -0.3 is 15.0 Å². The Kier molecular flexibility index (Phi) is 5.78. The minimum atomic E-state index is -0.121. The number of methoxy groups -OCH3 is 1. The molecule has 1 unspecified atom stereocenters. The third-order valence-corrected chi connectivity index (χ3v) is 4.88. The molecule has 2 aromatic heterocycles. The highest BCUT2D eigenvalue weighted by Gasteiger charge is 2.16. The lowest BCUT2D eigenvalue weighted by molar-refractivity contribution is 0.414. The lowest BCUT2D eigenvalue weighted by Crippen LogP contribution is -2.17. The van der Waals surface area contributed by atoms with Gasteiger partial charge in [-0.2, -0.15) is 0 Å². The summed E-state index contributed by atoms with van der Waals surface area (Å²) in [5.41, 5.74) is 3.18. The van der Waals surface area contributed by atoms with Crippen molar-refractivity contribution in [1.82, 2.24) is 15.0 Å². The van der Waals surface area contributed by atoms with Gasteiger partial charge in [-0.15, -0.1) is 0 Å². The molecule has 0 aliphatic carbocycles. The first-order valence-electron chi connectivity index (χ1n) is 9.33. The second-order valence-electron chi connectivity index (χ2n) is 7.20. The number of hydrogen-bond acceptors (Lipinski definition) is 5. The van der Waals surface area contributed by atoms with Crippen LogP contribution in [0.1, 0.15) is 36.7 Å². The molecule has 0 saturated carbocycles. The van der Waals surface area contributed by atoms with Crippen LogP contribution in [0.4, 0.5) is 5.82 Å². The van der Waals surface area contributed by atoms with Crippen LogP contribution in [0.25, 0.3) is 11.4 Å². The van der Waals surface area contributed by atoms with E-state index in [0.717, 1.165) is 22.8 Å². The summed E-state index contributed by atoms with van der Waals surface area (Å²) in [6.07, 6.45) is 1.72. The summed E-state index contributed by atoms with van der Waals surface area (Å²) < 4.78 is 5.24. The molecule has 0 radical (unpaired) electrons. The number of H-pyrrole nitrogens is 1. The quantitative estimate of drug-likeness (QED) is 0.670. The zero-order chi connectivity index (χ0) is 20.3. The van der Waals surface area contributed by atoms with E-state index in [4.69, 9.17) is 4.74 Å². The van der Waals surface area contributed by atoms with E-state index in [0.29, 0.717) is 17.3 Å². The molecule has 3 rings (SSSR count). The van der Waals surface area contributed by atoms with E-state index in [1.807, 2.05) is 31.2 Å². The molecule has 0 aliphatic rings. The van der Waals surface area contributed by atoms with Crippen LogP contribution in [0.3, 0.4) is 0 Å². The van der Waals surface area contributed by atoms with Crippen molar-refractivity contribution in [3.8, 4) is 17.1 Å². The highest BCUT2D eigenvalue weighted by atomic mass is 16.5. The number of aryl methyl sites for hydroxylation is 1. The Morgan fingerprint density at radius 2 is 1.79 bits per heavy atom. The van der Waals surface area contributed by atoms with Gasteiger partial charge in [-0.25, -0.2) is 9.97 Å². The molecule has 6 heteroatoms. The second kappa shape index (κ2) is 8.25. The molecule has 0 amide bonds. The number of pyridine rings is 1. The molecule has 0 aliphatic heterocycles. The molecule has 3 aromatic rings. The van der Waals surface area contributed by atoms with Crippen molar-refractivity contribution in [2.45, 2.75) is 33.7 Å². The predicted molar refractivity (Wildman–Crippen MR) is 112 cm³/mol. The topological polar surface area (TPSA) is 79.9 Å². The fourth-order valence-electron chi connectivity index (χ4n) is 3.01. The van der Waals surface area contributed by atoms with Crippen molar-refractivity contribution in [2.24, 2.45) is 5.92 Å². The minimum absolute atomic E-state index is 0.115. The molecule has 1 aromatic carbocycles. The number of nitrogens with zero attached hydrogens (tertiary/aromatic N) is 2. The largest absolute Gasteiger partial charge is 0.497 e. The molecule has 2 heterocycles. The standard InChI is InChI=1S/C22H26N4O2/c1-13(2)20(16-6-9-18(28-5)10-7-16)25-19-11-8-17(12-23-19)21-24-15(4)14(3)22(27)26-21/h6-13,20H,1-5H3,(H,23,25)(H,24,26,27). The van der Waals surface area contributed by atoms with Crippen molar-refractivity contribution >= 4 is 5.82 Å². The van der Waals surface area contributed by atoms with E-state index in [1.165, 1.54) is 5.56 Å². The van der Waals surface area contributed by atoms with Crippen molar-refractivity contribution < 1.29 is 4.74 Å². The maximum atomic E-state index is 12.0. The van der Waals surface area contributed by atoms with Gasteiger partial charge in [-0.3, -0.25) is 4.79 Å². The first-order valence-corrected chi connectivity index (χ1v) is 9.33. The summed E-state index contributed by atoms with van der Waals surface area (Å²) >= 11 is 0. The van der Waals surface area contributed by atoms with Crippen LogP contribution in [0.15, 0.2) is 47.4 Å². The van der Waals surface area contributed by atoms with Crippen LogP contribution in [0.2, 0.25) is 0 Å². The molecule has 0 spiro atoms. The molecular formula is C22H26N4O2. The fourth-order valence-corrected chi connectivity index (χ4v) is 3.01.